The third-order valence-electron chi connectivity index (χ3n) is 5.37. The average Bonchev–Trinajstić information content (AvgIpc) is 2.74. The van der Waals surface area contributed by atoms with Crippen LogP contribution in [-0.4, -0.2) is 59.5 Å². The van der Waals surface area contributed by atoms with Gasteiger partial charge in [0.2, 0.25) is 0 Å². The van der Waals surface area contributed by atoms with Gasteiger partial charge in [-0.2, -0.15) is 5.10 Å². The maximum absolute atomic E-state index is 5.41. The standard InChI is InChI=1S/C22H27N5O/c1-16-15-18(7-8-23-16)17(2)21-19-5-3-4-6-20(19)22(26-25-21)24-9-10-27-11-13-28-14-12-27/h3-8,15,17H,9-14H2,1-2H3,(H,24,26). The van der Waals surface area contributed by atoms with Gasteiger partial charge in [0.15, 0.2) is 5.82 Å². The van der Waals surface area contributed by atoms with Crippen molar-refractivity contribution in [2.24, 2.45) is 0 Å². The van der Waals surface area contributed by atoms with Gasteiger partial charge in [0.1, 0.15) is 0 Å². The van der Waals surface area contributed by atoms with Crippen molar-refractivity contribution in [3.63, 3.8) is 0 Å². The Kier molecular flexibility index (Phi) is 5.78. The summed E-state index contributed by atoms with van der Waals surface area (Å²) in [5.41, 5.74) is 3.22. The van der Waals surface area contributed by atoms with Gasteiger partial charge in [-0.15, -0.1) is 5.10 Å². The van der Waals surface area contributed by atoms with E-state index in [-0.39, 0.29) is 5.92 Å². The molecule has 0 radical (unpaired) electrons. The second-order valence-corrected chi connectivity index (χ2v) is 7.31. The lowest BCUT2D eigenvalue weighted by Crippen LogP contribution is -2.39. The van der Waals surface area contributed by atoms with E-state index in [1.54, 1.807) is 0 Å². The zero-order chi connectivity index (χ0) is 19.3. The topological polar surface area (TPSA) is 63.2 Å². The van der Waals surface area contributed by atoms with E-state index in [0.717, 1.165) is 67.4 Å². The molecule has 1 aromatic carbocycles. The summed E-state index contributed by atoms with van der Waals surface area (Å²) < 4.78 is 5.41. The molecule has 28 heavy (non-hydrogen) atoms. The molecule has 1 atom stereocenters. The van der Waals surface area contributed by atoms with Gasteiger partial charge in [-0.25, -0.2) is 0 Å². The fraction of sp³-hybridized carbons (Fsp3) is 0.409. The number of rotatable bonds is 6. The van der Waals surface area contributed by atoms with Gasteiger partial charge < -0.3 is 10.1 Å². The molecule has 0 saturated carbocycles. The SMILES string of the molecule is Cc1cc(C(C)c2nnc(NCCN3CCOCC3)c3ccccc23)ccn1. The van der Waals surface area contributed by atoms with Crippen molar-refractivity contribution < 1.29 is 4.74 Å². The maximum atomic E-state index is 5.41. The summed E-state index contributed by atoms with van der Waals surface area (Å²) in [7, 11) is 0. The Morgan fingerprint density at radius 1 is 1.11 bits per heavy atom. The van der Waals surface area contributed by atoms with Gasteiger partial charge in [0.25, 0.3) is 0 Å². The average molecular weight is 377 g/mol. The Labute approximate surface area is 165 Å². The maximum Gasteiger partial charge on any atom is 0.156 e. The zero-order valence-corrected chi connectivity index (χ0v) is 16.6. The number of morpholine rings is 1. The van der Waals surface area contributed by atoms with Crippen molar-refractivity contribution in [1.82, 2.24) is 20.1 Å². The molecule has 146 valence electrons. The van der Waals surface area contributed by atoms with Crippen LogP contribution in [-0.2, 0) is 4.74 Å². The van der Waals surface area contributed by atoms with Gasteiger partial charge >= 0.3 is 0 Å². The molecule has 1 N–H and O–H groups in total. The minimum absolute atomic E-state index is 0.154. The molecule has 0 aliphatic carbocycles. The Bertz CT molecular complexity index is 939. The van der Waals surface area contributed by atoms with Crippen LogP contribution < -0.4 is 5.32 Å². The predicted octanol–water partition coefficient (Wildman–Crippen LogP) is 3.23. The molecule has 1 unspecified atom stereocenters. The van der Waals surface area contributed by atoms with Crippen molar-refractivity contribution >= 4 is 16.6 Å². The minimum atomic E-state index is 0.154. The summed E-state index contributed by atoms with van der Waals surface area (Å²) in [6, 6.07) is 12.6. The van der Waals surface area contributed by atoms with E-state index in [1.807, 2.05) is 13.1 Å². The van der Waals surface area contributed by atoms with E-state index in [1.165, 1.54) is 5.56 Å². The quantitative estimate of drug-likeness (QED) is 0.712. The van der Waals surface area contributed by atoms with E-state index in [9.17, 15) is 0 Å². The summed E-state index contributed by atoms with van der Waals surface area (Å²) in [6.07, 6.45) is 1.86. The van der Waals surface area contributed by atoms with Crippen LogP contribution in [0.25, 0.3) is 10.8 Å². The van der Waals surface area contributed by atoms with Crippen molar-refractivity contribution in [2.75, 3.05) is 44.7 Å². The number of anilines is 1. The van der Waals surface area contributed by atoms with Crippen LogP contribution >= 0.6 is 0 Å². The highest BCUT2D eigenvalue weighted by Gasteiger charge is 2.17. The number of hydrogen-bond donors (Lipinski definition) is 1. The largest absolute Gasteiger partial charge is 0.379 e. The molecule has 3 heterocycles. The summed E-state index contributed by atoms with van der Waals surface area (Å²) in [6.45, 7) is 9.66. The highest BCUT2D eigenvalue weighted by molar-refractivity contribution is 5.93. The summed E-state index contributed by atoms with van der Waals surface area (Å²) in [5.74, 6) is 1.01. The summed E-state index contributed by atoms with van der Waals surface area (Å²) in [5, 5.41) is 14.9. The van der Waals surface area contributed by atoms with Crippen LogP contribution in [0.2, 0.25) is 0 Å². The highest BCUT2D eigenvalue weighted by atomic mass is 16.5. The minimum Gasteiger partial charge on any atom is -0.379 e. The van der Waals surface area contributed by atoms with E-state index in [4.69, 9.17) is 4.74 Å². The Hall–Kier alpha value is -2.57. The number of fused-ring (bicyclic) bond motifs is 1. The molecule has 1 saturated heterocycles. The normalized spacial score (nSPS) is 16.2. The first-order valence-corrected chi connectivity index (χ1v) is 9.94. The van der Waals surface area contributed by atoms with Crippen LogP contribution in [0.15, 0.2) is 42.6 Å². The molecule has 1 fully saturated rings. The molecule has 1 aliphatic rings. The lowest BCUT2D eigenvalue weighted by molar-refractivity contribution is 0.0398. The molecule has 3 aromatic rings. The smallest absolute Gasteiger partial charge is 0.156 e. The van der Waals surface area contributed by atoms with Gasteiger partial charge in [0.05, 0.1) is 18.9 Å². The molecule has 6 heteroatoms. The molecule has 0 bridgehead atoms. The molecule has 4 rings (SSSR count). The van der Waals surface area contributed by atoms with Crippen LogP contribution in [0, 0.1) is 6.92 Å². The van der Waals surface area contributed by atoms with Crippen molar-refractivity contribution in [3.05, 3.63) is 59.5 Å². The van der Waals surface area contributed by atoms with Crippen molar-refractivity contribution in [3.8, 4) is 0 Å². The number of nitrogens with one attached hydrogen (secondary N) is 1. The molecule has 1 aliphatic heterocycles. The number of ether oxygens (including phenoxy) is 1. The Morgan fingerprint density at radius 2 is 1.89 bits per heavy atom. The first kappa shape index (κ1) is 18.8. The van der Waals surface area contributed by atoms with Crippen molar-refractivity contribution in [2.45, 2.75) is 19.8 Å². The molecule has 0 spiro atoms. The number of aromatic nitrogens is 3. The molecule has 0 amide bonds. The lowest BCUT2D eigenvalue weighted by Gasteiger charge is -2.26. The second-order valence-electron chi connectivity index (χ2n) is 7.31. The van der Waals surface area contributed by atoms with Crippen LogP contribution in [0.3, 0.4) is 0 Å². The number of hydrogen-bond acceptors (Lipinski definition) is 6. The van der Waals surface area contributed by atoms with E-state index >= 15 is 0 Å². The van der Waals surface area contributed by atoms with Gasteiger partial charge in [-0.1, -0.05) is 31.2 Å². The van der Waals surface area contributed by atoms with Gasteiger partial charge in [0, 0.05) is 54.8 Å². The number of nitrogens with zero attached hydrogens (tertiary/aromatic N) is 4. The third-order valence-corrected chi connectivity index (χ3v) is 5.37. The number of benzene rings is 1. The highest BCUT2D eigenvalue weighted by Crippen LogP contribution is 2.31. The molecular formula is C22H27N5O. The van der Waals surface area contributed by atoms with Gasteiger partial charge in [-0.05, 0) is 24.6 Å². The lowest BCUT2D eigenvalue weighted by atomic mass is 9.94. The number of aryl methyl sites for hydroxylation is 1. The van der Waals surface area contributed by atoms with E-state index in [2.05, 4.69) is 68.7 Å². The summed E-state index contributed by atoms with van der Waals surface area (Å²) >= 11 is 0. The third kappa shape index (κ3) is 4.13. The van der Waals surface area contributed by atoms with Crippen molar-refractivity contribution in [1.29, 1.82) is 0 Å². The first-order chi connectivity index (χ1) is 13.7. The first-order valence-electron chi connectivity index (χ1n) is 9.94. The Morgan fingerprint density at radius 3 is 2.68 bits per heavy atom. The van der Waals surface area contributed by atoms with Crippen LogP contribution in [0.1, 0.15) is 29.8 Å². The molecule has 2 aromatic heterocycles. The zero-order valence-electron chi connectivity index (χ0n) is 16.6. The Balaban J connectivity index is 1.56. The van der Waals surface area contributed by atoms with E-state index < -0.39 is 0 Å². The molecule has 6 nitrogen and oxygen atoms in total. The van der Waals surface area contributed by atoms with Crippen LogP contribution in [0.4, 0.5) is 5.82 Å². The number of pyridine rings is 1. The fourth-order valence-electron chi connectivity index (χ4n) is 3.73. The summed E-state index contributed by atoms with van der Waals surface area (Å²) in [4.78, 5) is 6.72. The van der Waals surface area contributed by atoms with Crippen LogP contribution in [0.5, 0.6) is 0 Å². The second kappa shape index (κ2) is 8.63. The van der Waals surface area contributed by atoms with E-state index in [0.29, 0.717) is 0 Å². The predicted molar refractivity (Wildman–Crippen MR) is 112 cm³/mol. The monoisotopic (exact) mass is 377 g/mol. The van der Waals surface area contributed by atoms with Gasteiger partial charge in [-0.3, -0.25) is 9.88 Å². The fourth-order valence-corrected chi connectivity index (χ4v) is 3.73. The molecular weight excluding hydrogens is 350 g/mol.